The van der Waals surface area contributed by atoms with Crippen molar-refractivity contribution in [1.82, 2.24) is 0 Å². The van der Waals surface area contributed by atoms with E-state index in [1.54, 1.807) is 0 Å². The van der Waals surface area contributed by atoms with Crippen LogP contribution < -0.4 is 0 Å². The molecule has 2 nitrogen and oxygen atoms in total. The first-order valence-corrected chi connectivity index (χ1v) is 11.0. The van der Waals surface area contributed by atoms with Crippen LogP contribution in [0.4, 0.5) is 0 Å². The van der Waals surface area contributed by atoms with E-state index in [0.29, 0.717) is 0 Å². The quantitative estimate of drug-likeness (QED) is 0.785. The normalized spacial score (nSPS) is 10.9. The topological polar surface area (TPSA) is 26.3 Å². The zero-order valence-electron chi connectivity index (χ0n) is 9.41. The zero-order chi connectivity index (χ0) is 11.5. The second kappa shape index (κ2) is 4.66. The third kappa shape index (κ3) is 3.24. The molecule has 1 rings (SSSR count). The molecule has 0 spiro atoms. The Bertz CT molecular complexity index is 368. The van der Waals surface area contributed by atoms with Crippen LogP contribution in [-0.2, 0) is 8.56 Å². The summed E-state index contributed by atoms with van der Waals surface area (Å²) in [4.78, 5) is 11.0. The average Bonchev–Trinajstić information content (AvgIpc) is 2.16. The first-order chi connectivity index (χ1) is 6.93. The van der Waals surface area contributed by atoms with Gasteiger partial charge in [-0.3, -0.25) is 0 Å². The van der Waals surface area contributed by atoms with Crippen molar-refractivity contribution >= 4 is 24.0 Å². The molecule has 80 valence electrons. The number of hydrogen-bond acceptors (Lipinski definition) is 2. The molecule has 0 aromatic heterocycles. The molecule has 0 saturated heterocycles. The molecule has 0 amide bonds. The molecule has 15 heavy (non-hydrogen) atoms. The third-order valence-corrected chi connectivity index (χ3v) is 7.58. The number of hydrogen-bond donors (Lipinski definition) is 0. The molecule has 0 aliphatic heterocycles. The zero-order valence-corrected chi connectivity index (χ0v) is 11.5. The predicted octanol–water partition coefficient (Wildman–Crippen LogP) is 3.01. The summed E-state index contributed by atoms with van der Waals surface area (Å²) in [6.07, 6.45) is 0. The van der Waals surface area contributed by atoms with Gasteiger partial charge in [0.15, 0.2) is 0 Å². The van der Waals surface area contributed by atoms with E-state index in [0.717, 1.165) is 9.97 Å². The predicted molar refractivity (Wildman–Crippen MR) is 64.7 cm³/mol. The van der Waals surface area contributed by atoms with Gasteiger partial charge in [0, 0.05) is 0 Å². The Hall–Kier alpha value is -1.03. The molecule has 0 unspecified atom stereocenters. The fourth-order valence-electron chi connectivity index (χ4n) is 1.41. The van der Waals surface area contributed by atoms with E-state index in [1.807, 2.05) is 41.8 Å². The third-order valence-electron chi connectivity index (χ3n) is 2.25. The fourth-order valence-corrected chi connectivity index (χ4v) is 4.98. The summed E-state index contributed by atoms with van der Waals surface area (Å²) in [7, 11) is 0. The Balaban J connectivity index is 2.89. The molecule has 1 aromatic carbocycles. The molecule has 0 atom stereocenters. The maximum absolute atomic E-state index is 11.0. The Kier molecular flexibility index (Phi) is 3.74. The first-order valence-electron chi connectivity index (χ1n) is 4.88. The van der Waals surface area contributed by atoms with Crippen LogP contribution in [0.5, 0.6) is 0 Å². The van der Waals surface area contributed by atoms with Crippen LogP contribution >= 0.6 is 0 Å². The van der Waals surface area contributed by atoms with Crippen molar-refractivity contribution in [2.24, 2.45) is 0 Å². The van der Waals surface area contributed by atoms with Gasteiger partial charge in [-0.15, -0.1) is 0 Å². The monoisotopic (exact) mass is 266 g/mol. The molecule has 1 aromatic rings. The summed E-state index contributed by atoms with van der Waals surface area (Å²) in [5.74, 6) is 3.84. The van der Waals surface area contributed by atoms with Crippen molar-refractivity contribution in [2.75, 3.05) is 0 Å². The summed E-state index contributed by atoms with van der Waals surface area (Å²) in [5, 5.41) is 0. The van der Waals surface area contributed by atoms with Gasteiger partial charge in [-0.05, 0) is 0 Å². The molecule has 0 aliphatic carbocycles. The molecular weight excluding hydrogens is 249 g/mol. The van der Waals surface area contributed by atoms with E-state index in [2.05, 4.69) is 6.58 Å². The Morgan fingerprint density at radius 2 is 1.80 bits per heavy atom. The second-order valence-electron chi connectivity index (χ2n) is 3.95. The molecule has 0 radical (unpaired) electrons. The van der Waals surface area contributed by atoms with Gasteiger partial charge in [0.05, 0.1) is 0 Å². The van der Waals surface area contributed by atoms with E-state index in [1.165, 1.54) is 6.92 Å². The van der Waals surface area contributed by atoms with Crippen molar-refractivity contribution in [3.8, 4) is 0 Å². The summed E-state index contributed by atoms with van der Waals surface area (Å²) in [5.41, 5.74) is 1.07. The Morgan fingerprint density at radius 1 is 1.27 bits per heavy atom. The van der Waals surface area contributed by atoms with Crippen molar-refractivity contribution in [1.29, 1.82) is 0 Å². The molecule has 0 saturated carbocycles. The van der Waals surface area contributed by atoms with E-state index >= 15 is 0 Å². The minimum atomic E-state index is -2.68. The summed E-state index contributed by atoms with van der Waals surface area (Å²) < 4.78 is 6.39. The molecule has 0 N–H and O–H groups in total. The average molecular weight is 265 g/mol. The van der Waals surface area contributed by atoms with Crippen LogP contribution in [0.3, 0.4) is 0 Å². The van der Waals surface area contributed by atoms with Crippen molar-refractivity contribution in [2.45, 2.75) is 18.4 Å². The van der Waals surface area contributed by atoms with E-state index in [9.17, 15) is 4.79 Å². The minimum absolute atomic E-state index is 0.211. The van der Waals surface area contributed by atoms with Gasteiger partial charge in [-0.25, -0.2) is 0 Å². The number of rotatable bonds is 3. The Morgan fingerprint density at radius 3 is 2.27 bits per heavy atom. The molecule has 0 aliphatic rings. The van der Waals surface area contributed by atoms with Gasteiger partial charge < -0.3 is 0 Å². The molecule has 0 bridgehead atoms. The molecule has 0 heterocycles. The molecule has 3 heteroatoms. The number of carbonyl (C=O) groups excluding carboxylic acids is 1. The van der Waals surface area contributed by atoms with Gasteiger partial charge in [-0.2, -0.15) is 0 Å². The summed E-state index contributed by atoms with van der Waals surface area (Å²) in [6, 6.07) is 9.89. The summed E-state index contributed by atoms with van der Waals surface area (Å²) >= 11 is -2.68. The van der Waals surface area contributed by atoms with Crippen molar-refractivity contribution < 1.29 is 8.56 Å². The van der Waals surface area contributed by atoms with E-state index in [4.69, 9.17) is 3.76 Å². The Labute approximate surface area is 93.7 Å². The van der Waals surface area contributed by atoms with Gasteiger partial charge in [0.25, 0.3) is 0 Å². The summed E-state index contributed by atoms with van der Waals surface area (Å²) in [6.45, 7) is 5.51. The van der Waals surface area contributed by atoms with Crippen molar-refractivity contribution in [3.05, 3.63) is 42.5 Å². The van der Waals surface area contributed by atoms with Crippen LogP contribution in [0.25, 0.3) is 4.41 Å². The van der Waals surface area contributed by atoms with Crippen LogP contribution in [0, 0.1) is 0 Å². The van der Waals surface area contributed by atoms with Gasteiger partial charge in [0.2, 0.25) is 0 Å². The van der Waals surface area contributed by atoms with Crippen LogP contribution in [0.1, 0.15) is 12.5 Å². The van der Waals surface area contributed by atoms with E-state index in [-0.39, 0.29) is 5.97 Å². The van der Waals surface area contributed by atoms with Crippen molar-refractivity contribution in [3.63, 3.8) is 0 Å². The second-order valence-corrected chi connectivity index (χ2v) is 12.0. The fraction of sp³-hybridized carbons (Fsp3) is 0.250. The first kappa shape index (κ1) is 12.0. The van der Waals surface area contributed by atoms with Crippen LogP contribution in [-0.4, -0.2) is 19.6 Å². The van der Waals surface area contributed by atoms with Gasteiger partial charge >= 0.3 is 93.4 Å². The number of benzene rings is 1. The molecule has 0 fully saturated rings. The molecular formula is C12H16GeO2. The van der Waals surface area contributed by atoms with E-state index < -0.39 is 13.6 Å². The van der Waals surface area contributed by atoms with Gasteiger partial charge in [-0.1, -0.05) is 0 Å². The van der Waals surface area contributed by atoms with Gasteiger partial charge in [0.1, 0.15) is 0 Å². The van der Waals surface area contributed by atoms with Crippen LogP contribution in [0.15, 0.2) is 36.9 Å². The van der Waals surface area contributed by atoms with Crippen LogP contribution in [0.2, 0.25) is 11.5 Å². The SMILES string of the molecule is C=[C](c1ccccc1)[Ge]([CH3])([CH3])[O]C(C)=O. The maximum atomic E-state index is 11.0. The standard InChI is InChI=1S/C12H16GeO2/c1-10(12-8-6-5-7-9-12)13(3,4)15-11(2)14/h5-9H,1H2,2-4H3. The number of carbonyl (C=O) groups is 1.